The predicted molar refractivity (Wildman–Crippen MR) is 97.5 cm³/mol. The molecule has 0 aliphatic carbocycles. The summed E-state index contributed by atoms with van der Waals surface area (Å²) in [4.78, 5) is 31.4. The summed E-state index contributed by atoms with van der Waals surface area (Å²) < 4.78 is 1.87. The van der Waals surface area contributed by atoms with Gasteiger partial charge in [0.05, 0.1) is 5.56 Å². The van der Waals surface area contributed by atoms with Gasteiger partial charge in [-0.2, -0.15) is 0 Å². The van der Waals surface area contributed by atoms with Gasteiger partial charge in [0.25, 0.3) is 0 Å². The number of carboxylic acids is 1. The Labute approximate surface area is 154 Å². The highest BCUT2D eigenvalue weighted by Crippen LogP contribution is 2.19. The summed E-state index contributed by atoms with van der Waals surface area (Å²) in [5, 5.41) is 22.0. The summed E-state index contributed by atoms with van der Waals surface area (Å²) in [6, 6.07) is 7.28. The molecule has 3 aromatic heterocycles. The van der Waals surface area contributed by atoms with Crippen molar-refractivity contribution < 1.29 is 14.7 Å². The van der Waals surface area contributed by atoms with Crippen molar-refractivity contribution in [3.8, 4) is 11.5 Å². The average molecular weight is 367 g/mol. The highest BCUT2D eigenvalue weighted by molar-refractivity contribution is 5.99. The number of carbonyl (C=O) groups is 2. The van der Waals surface area contributed by atoms with Gasteiger partial charge in [-0.3, -0.25) is 10.6 Å². The molecule has 138 valence electrons. The molecule has 0 aliphatic heterocycles. The number of carbonyl (C=O) groups excluding carboxylic acids is 1. The van der Waals surface area contributed by atoms with E-state index in [4.69, 9.17) is 5.11 Å². The molecule has 10 heteroatoms. The maximum atomic E-state index is 12.2. The zero-order valence-electron chi connectivity index (χ0n) is 14.6. The first-order valence-corrected chi connectivity index (χ1v) is 8.08. The number of pyridine rings is 2. The van der Waals surface area contributed by atoms with Crippen LogP contribution in [-0.4, -0.2) is 41.8 Å². The molecule has 0 bridgehead atoms. The normalized spacial score (nSPS) is 10.6. The van der Waals surface area contributed by atoms with E-state index in [1.807, 2.05) is 18.4 Å². The molecule has 0 radical (unpaired) electrons. The third-order valence-corrected chi connectivity index (χ3v) is 3.60. The number of amides is 2. The molecule has 27 heavy (non-hydrogen) atoms. The van der Waals surface area contributed by atoms with Crippen LogP contribution in [0.15, 0.2) is 42.9 Å². The molecule has 0 atom stereocenters. The third kappa shape index (κ3) is 4.24. The molecule has 0 saturated heterocycles. The Morgan fingerprint density at radius 2 is 1.93 bits per heavy atom. The number of urea groups is 1. The Morgan fingerprint density at radius 1 is 1.15 bits per heavy atom. The summed E-state index contributed by atoms with van der Waals surface area (Å²) in [7, 11) is 0. The SMILES string of the molecule is CC(C)n1cnnc1-c1cccc(NC(=O)Nc2cc(C(=O)O)ccn2)n1. The molecule has 0 spiro atoms. The number of aromatic nitrogens is 5. The van der Waals surface area contributed by atoms with E-state index in [9.17, 15) is 9.59 Å². The number of nitrogens with zero attached hydrogens (tertiary/aromatic N) is 5. The second-order valence-corrected chi connectivity index (χ2v) is 5.88. The van der Waals surface area contributed by atoms with Crippen LogP contribution in [0.2, 0.25) is 0 Å². The molecule has 3 heterocycles. The number of anilines is 2. The van der Waals surface area contributed by atoms with Crippen molar-refractivity contribution in [1.82, 2.24) is 24.7 Å². The fourth-order valence-corrected chi connectivity index (χ4v) is 2.33. The van der Waals surface area contributed by atoms with Crippen molar-refractivity contribution in [3.05, 3.63) is 48.4 Å². The van der Waals surface area contributed by atoms with Gasteiger partial charge in [0.2, 0.25) is 0 Å². The van der Waals surface area contributed by atoms with E-state index in [1.54, 1.807) is 24.5 Å². The molecule has 0 fully saturated rings. The first-order chi connectivity index (χ1) is 12.9. The molecule has 0 unspecified atom stereocenters. The van der Waals surface area contributed by atoms with E-state index in [0.717, 1.165) is 0 Å². The van der Waals surface area contributed by atoms with Crippen molar-refractivity contribution in [2.24, 2.45) is 0 Å². The van der Waals surface area contributed by atoms with Gasteiger partial charge >= 0.3 is 12.0 Å². The molecular weight excluding hydrogens is 350 g/mol. The van der Waals surface area contributed by atoms with Crippen LogP contribution in [0.1, 0.15) is 30.2 Å². The number of rotatable bonds is 5. The first kappa shape index (κ1) is 18.0. The van der Waals surface area contributed by atoms with E-state index in [0.29, 0.717) is 17.3 Å². The summed E-state index contributed by atoms with van der Waals surface area (Å²) in [5.74, 6) is -0.102. The third-order valence-electron chi connectivity index (χ3n) is 3.60. The fraction of sp³-hybridized carbons (Fsp3) is 0.176. The maximum Gasteiger partial charge on any atom is 0.335 e. The standard InChI is InChI=1S/C17H17N7O3/c1-10(2)24-9-19-23-15(24)12-4-3-5-13(20-12)21-17(27)22-14-8-11(16(25)26)6-7-18-14/h3-10H,1-2H3,(H,25,26)(H2,18,20,21,22,27). The molecule has 2 amide bonds. The molecule has 3 aromatic rings. The van der Waals surface area contributed by atoms with Crippen molar-refractivity contribution in [3.63, 3.8) is 0 Å². The van der Waals surface area contributed by atoms with Gasteiger partial charge in [-0.05, 0) is 38.1 Å². The molecule has 10 nitrogen and oxygen atoms in total. The summed E-state index contributed by atoms with van der Waals surface area (Å²) in [5.41, 5.74) is 0.582. The molecule has 0 saturated carbocycles. The van der Waals surface area contributed by atoms with Crippen LogP contribution < -0.4 is 10.6 Å². The summed E-state index contributed by atoms with van der Waals surface area (Å²) >= 11 is 0. The molecule has 0 aromatic carbocycles. The van der Waals surface area contributed by atoms with Crippen LogP contribution in [0, 0.1) is 0 Å². The number of nitrogens with one attached hydrogen (secondary N) is 2. The molecule has 0 aliphatic rings. The largest absolute Gasteiger partial charge is 0.478 e. The van der Waals surface area contributed by atoms with E-state index >= 15 is 0 Å². The summed E-state index contributed by atoms with van der Waals surface area (Å²) in [6.45, 7) is 4.00. The lowest BCUT2D eigenvalue weighted by Crippen LogP contribution is -2.21. The Bertz CT molecular complexity index is 984. The number of hydrogen-bond donors (Lipinski definition) is 3. The van der Waals surface area contributed by atoms with Crippen LogP contribution in [-0.2, 0) is 0 Å². The second-order valence-electron chi connectivity index (χ2n) is 5.88. The predicted octanol–water partition coefficient (Wildman–Crippen LogP) is 2.66. The Morgan fingerprint density at radius 3 is 2.67 bits per heavy atom. The summed E-state index contributed by atoms with van der Waals surface area (Å²) in [6.07, 6.45) is 2.92. The van der Waals surface area contributed by atoms with Gasteiger partial charge in [-0.1, -0.05) is 6.07 Å². The van der Waals surface area contributed by atoms with Gasteiger partial charge in [-0.15, -0.1) is 10.2 Å². The van der Waals surface area contributed by atoms with E-state index in [1.165, 1.54) is 18.3 Å². The highest BCUT2D eigenvalue weighted by atomic mass is 16.4. The monoisotopic (exact) mass is 367 g/mol. The lowest BCUT2D eigenvalue weighted by molar-refractivity contribution is 0.0696. The molecule has 3 rings (SSSR count). The van der Waals surface area contributed by atoms with Gasteiger partial charge in [0.1, 0.15) is 23.7 Å². The van der Waals surface area contributed by atoms with Gasteiger partial charge in [0.15, 0.2) is 5.82 Å². The van der Waals surface area contributed by atoms with Crippen molar-refractivity contribution in [2.75, 3.05) is 10.6 Å². The van der Waals surface area contributed by atoms with Gasteiger partial charge < -0.3 is 9.67 Å². The van der Waals surface area contributed by atoms with Crippen molar-refractivity contribution in [2.45, 2.75) is 19.9 Å². The number of carboxylic acid groups (broad SMARTS) is 1. The van der Waals surface area contributed by atoms with E-state index in [-0.39, 0.29) is 17.4 Å². The number of hydrogen-bond acceptors (Lipinski definition) is 6. The Hall–Kier alpha value is -3.82. The highest BCUT2D eigenvalue weighted by Gasteiger charge is 2.13. The minimum atomic E-state index is -1.11. The quantitative estimate of drug-likeness (QED) is 0.631. The zero-order chi connectivity index (χ0) is 19.4. The van der Waals surface area contributed by atoms with Crippen LogP contribution in [0.3, 0.4) is 0 Å². The lowest BCUT2D eigenvalue weighted by atomic mass is 10.2. The first-order valence-electron chi connectivity index (χ1n) is 8.08. The van der Waals surface area contributed by atoms with Gasteiger partial charge in [0, 0.05) is 12.2 Å². The van der Waals surface area contributed by atoms with Gasteiger partial charge in [-0.25, -0.2) is 19.6 Å². The molecular formula is C17H17N7O3. The van der Waals surface area contributed by atoms with Crippen LogP contribution in [0.5, 0.6) is 0 Å². The van der Waals surface area contributed by atoms with Crippen LogP contribution >= 0.6 is 0 Å². The Kier molecular flexibility index (Phi) is 5.06. The van der Waals surface area contributed by atoms with Crippen molar-refractivity contribution in [1.29, 1.82) is 0 Å². The molecule has 3 N–H and O–H groups in total. The van der Waals surface area contributed by atoms with Crippen LogP contribution in [0.4, 0.5) is 16.4 Å². The topological polar surface area (TPSA) is 135 Å². The lowest BCUT2D eigenvalue weighted by Gasteiger charge is -2.11. The smallest absolute Gasteiger partial charge is 0.335 e. The zero-order valence-corrected chi connectivity index (χ0v) is 14.6. The minimum Gasteiger partial charge on any atom is -0.478 e. The maximum absolute atomic E-state index is 12.2. The Balaban J connectivity index is 1.74. The van der Waals surface area contributed by atoms with Crippen LogP contribution in [0.25, 0.3) is 11.5 Å². The van der Waals surface area contributed by atoms with Crippen molar-refractivity contribution >= 4 is 23.6 Å². The van der Waals surface area contributed by atoms with E-state index in [2.05, 4.69) is 30.8 Å². The second kappa shape index (κ2) is 7.60. The fourth-order valence-electron chi connectivity index (χ4n) is 2.33. The van der Waals surface area contributed by atoms with E-state index < -0.39 is 12.0 Å². The minimum absolute atomic E-state index is 0.0217. The number of aromatic carboxylic acids is 1. The average Bonchev–Trinajstić information content (AvgIpc) is 3.12.